The summed E-state index contributed by atoms with van der Waals surface area (Å²) in [4.78, 5) is 25.8. The fraction of sp³-hybridized carbons (Fsp3) is 0.667. The summed E-state index contributed by atoms with van der Waals surface area (Å²) in [6.45, 7) is 6.60. The molecule has 0 spiro atoms. The molecule has 2 N–H and O–H groups in total. The van der Waals surface area contributed by atoms with Crippen LogP contribution in [0.2, 0.25) is 0 Å². The molecule has 7 heteroatoms. The third-order valence-electron chi connectivity index (χ3n) is 5.49. The first-order chi connectivity index (χ1) is 13.8. The van der Waals surface area contributed by atoms with Crippen LogP contribution in [0, 0.1) is 0 Å². The molecule has 2 heterocycles. The van der Waals surface area contributed by atoms with Crippen LogP contribution in [0.5, 0.6) is 0 Å². The number of amides is 1. The van der Waals surface area contributed by atoms with Crippen LogP contribution in [0.15, 0.2) is 29.4 Å². The number of piperazine rings is 1. The molecule has 1 saturated carbocycles. The van der Waals surface area contributed by atoms with Gasteiger partial charge < -0.3 is 20.4 Å². The van der Waals surface area contributed by atoms with Crippen molar-refractivity contribution < 1.29 is 4.79 Å². The van der Waals surface area contributed by atoms with Crippen molar-refractivity contribution in [3.63, 3.8) is 0 Å². The van der Waals surface area contributed by atoms with E-state index in [4.69, 9.17) is 0 Å². The molecule has 1 aliphatic carbocycles. The summed E-state index contributed by atoms with van der Waals surface area (Å²) in [6, 6.07) is 6.46. The molecule has 0 bridgehead atoms. The van der Waals surface area contributed by atoms with Crippen LogP contribution in [0.1, 0.15) is 45.4 Å². The molecule has 2 fully saturated rings. The van der Waals surface area contributed by atoms with Crippen LogP contribution in [0.25, 0.3) is 0 Å². The number of anilines is 1. The van der Waals surface area contributed by atoms with Crippen LogP contribution in [0.3, 0.4) is 0 Å². The molecule has 1 aliphatic heterocycles. The van der Waals surface area contributed by atoms with Gasteiger partial charge in [0.15, 0.2) is 5.96 Å². The van der Waals surface area contributed by atoms with E-state index >= 15 is 0 Å². The van der Waals surface area contributed by atoms with E-state index in [9.17, 15) is 4.79 Å². The van der Waals surface area contributed by atoms with Crippen molar-refractivity contribution in [2.24, 2.45) is 4.99 Å². The van der Waals surface area contributed by atoms with Gasteiger partial charge >= 0.3 is 0 Å². The SMILES string of the molecule is CCNC(=NCCC(=O)N1CCN(c2ccccn2)CC1)NC1CCCCC1. The van der Waals surface area contributed by atoms with E-state index in [0.717, 1.165) is 44.5 Å². The highest BCUT2D eigenvalue weighted by molar-refractivity contribution is 5.81. The summed E-state index contributed by atoms with van der Waals surface area (Å²) in [5.74, 6) is 2.03. The molecule has 0 unspecified atom stereocenters. The van der Waals surface area contributed by atoms with Gasteiger partial charge in [-0.05, 0) is 31.9 Å². The predicted molar refractivity (Wildman–Crippen MR) is 114 cm³/mol. The molecule has 1 amide bonds. The number of carbonyl (C=O) groups excluding carboxylic acids is 1. The second-order valence-electron chi connectivity index (χ2n) is 7.55. The Morgan fingerprint density at radius 1 is 1.18 bits per heavy atom. The summed E-state index contributed by atoms with van der Waals surface area (Å²) in [6.07, 6.45) is 8.63. The van der Waals surface area contributed by atoms with E-state index in [1.54, 1.807) is 0 Å². The first-order valence-corrected chi connectivity index (χ1v) is 10.7. The number of nitrogens with one attached hydrogen (secondary N) is 2. The summed E-state index contributed by atoms with van der Waals surface area (Å²) in [7, 11) is 0. The van der Waals surface area contributed by atoms with Gasteiger partial charge in [0, 0.05) is 51.4 Å². The second kappa shape index (κ2) is 10.9. The first kappa shape index (κ1) is 20.4. The number of carbonyl (C=O) groups is 1. The Labute approximate surface area is 168 Å². The summed E-state index contributed by atoms with van der Waals surface area (Å²) < 4.78 is 0. The molecule has 7 nitrogen and oxygen atoms in total. The molecular weight excluding hydrogens is 352 g/mol. The van der Waals surface area contributed by atoms with E-state index in [-0.39, 0.29) is 5.91 Å². The maximum absolute atomic E-state index is 12.6. The minimum atomic E-state index is 0.193. The summed E-state index contributed by atoms with van der Waals surface area (Å²) >= 11 is 0. The molecule has 154 valence electrons. The van der Waals surface area contributed by atoms with Crippen LogP contribution < -0.4 is 15.5 Å². The molecular formula is C21H34N6O. The zero-order valence-electron chi connectivity index (χ0n) is 17.1. The lowest BCUT2D eigenvalue weighted by atomic mass is 9.96. The molecule has 0 aromatic carbocycles. The Bertz CT molecular complexity index is 621. The highest BCUT2D eigenvalue weighted by atomic mass is 16.2. The van der Waals surface area contributed by atoms with Crippen molar-refractivity contribution in [3.8, 4) is 0 Å². The lowest BCUT2D eigenvalue weighted by molar-refractivity contribution is -0.131. The quantitative estimate of drug-likeness (QED) is 0.578. The number of rotatable bonds is 6. The van der Waals surface area contributed by atoms with E-state index in [1.165, 1.54) is 32.1 Å². The van der Waals surface area contributed by atoms with Crippen LogP contribution in [-0.2, 0) is 4.79 Å². The minimum Gasteiger partial charge on any atom is -0.357 e. The lowest BCUT2D eigenvalue weighted by Crippen LogP contribution is -2.49. The molecule has 3 rings (SSSR count). The molecule has 1 aromatic rings. The Hall–Kier alpha value is -2.31. The van der Waals surface area contributed by atoms with E-state index in [0.29, 0.717) is 19.0 Å². The number of nitrogens with zero attached hydrogens (tertiary/aromatic N) is 4. The third-order valence-corrected chi connectivity index (χ3v) is 5.49. The first-order valence-electron chi connectivity index (χ1n) is 10.7. The maximum atomic E-state index is 12.6. The van der Waals surface area contributed by atoms with Gasteiger partial charge in [-0.15, -0.1) is 0 Å². The average Bonchev–Trinajstić information content (AvgIpc) is 2.75. The van der Waals surface area contributed by atoms with Gasteiger partial charge in [0.1, 0.15) is 5.82 Å². The highest BCUT2D eigenvalue weighted by Gasteiger charge is 2.21. The third kappa shape index (κ3) is 6.11. The van der Waals surface area contributed by atoms with Crippen molar-refractivity contribution in [1.82, 2.24) is 20.5 Å². The number of aromatic nitrogens is 1. The molecule has 1 saturated heterocycles. The Balaban J connectivity index is 1.42. The second-order valence-corrected chi connectivity index (χ2v) is 7.55. The van der Waals surface area contributed by atoms with Crippen LogP contribution in [0.4, 0.5) is 5.82 Å². The van der Waals surface area contributed by atoms with Gasteiger partial charge in [0.25, 0.3) is 0 Å². The predicted octanol–water partition coefficient (Wildman–Crippen LogP) is 2.01. The number of hydrogen-bond donors (Lipinski definition) is 2. The van der Waals surface area contributed by atoms with Crippen molar-refractivity contribution in [3.05, 3.63) is 24.4 Å². The Morgan fingerprint density at radius 3 is 2.64 bits per heavy atom. The fourth-order valence-electron chi connectivity index (χ4n) is 3.91. The highest BCUT2D eigenvalue weighted by Crippen LogP contribution is 2.17. The molecule has 0 atom stereocenters. The number of pyridine rings is 1. The monoisotopic (exact) mass is 386 g/mol. The zero-order chi connectivity index (χ0) is 19.6. The number of hydrogen-bond acceptors (Lipinski definition) is 4. The standard InChI is InChI=1S/C21H34N6O/c1-2-22-21(25-18-8-4-3-5-9-18)24-13-11-20(28)27-16-14-26(15-17-27)19-10-6-7-12-23-19/h6-7,10,12,18H,2-5,8-9,11,13-17H2,1H3,(H2,22,24,25). The minimum absolute atomic E-state index is 0.193. The zero-order valence-corrected chi connectivity index (χ0v) is 17.1. The largest absolute Gasteiger partial charge is 0.357 e. The van der Waals surface area contributed by atoms with Crippen molar-refractivity contribution in [2.75, 3.05) is 44.2 Å². The topological polar surface area (TPSA) is 72.9 Å². The van der Waals surface area contributed by atoms with E-state index in [2.05, 4.69) is 32.4 Å². The van der Waals surface area contributed by atoms with Gasteiger partial charge in [-0.2, -0.15) is 0 Å². The summed E-state index contributed by atoms with van der Waals surface area (Å²) in [5, 5.41) is 6.84. The molecule has 2 aliphatic rings. The van der Waals surface area contributed by atoms with Crippen molar-refractivity contribution in [2.45, 2.75) is 51.5 Å². The van der Waals surface area contributed by atoms with Gasteiger partial charge in [0.05, 0.1) is 6.54 Å². The van der Waals surface area contributed by atoms with Crippen molar-refractivity contribution >= 4 is 17.7 Å². The normalized spacial score (nSPS) is 18.8. The van der Waals surface area contributed by atoms with Crippen LogP contribution >= 0.6 is 0 Å². The average molecular weight is 387 g/mol. The fourth-order valence-corrected chi connectivity index (χ4v) is 3.91. The van der Waals surface area contributed by atoms with Crippen LogP contribution in [-0.4, -0.2) is 67.1 Å². The number of aliphatic imine (C=N–C) groups is 1. The van der Waals surface area contributed by atoms with E-state index in [1.807, 2.05) is 29.3 Å². The summed E-state index contributed by atoms with van der Waals surface area (Å²) in [5.41, 5.74) is 0. The van der Waals surface area contributed by atoms with Gasteiger partial charge in [-0.1, -0.05) is 25.3 Å². The Kier molecular flexibility index (Phi) is 7.94. The van der Waals surface area contributed by atoms with Gasteiger partial charge in [0.2, 0.25) is 5.91 Å². The Morgan fingerprint density at radius 2 is 1.96 bits per heavy atom. The van der Waals surface area contributed by atoms with Gasteiger partial charge in [-0.3, -0.25) is 9.79 Å². The molecule has 0 radical (unpaired) electrons. The van der Waals surface area contributed by atoms with Gasteiger partial charge in [-0.25, -0.2) is 4.98 Å². The lowest BCUT2D eigenvalue weighted by Gasteiger charge is -2.35. The maximum Gasteiger partial charge on any atom is 0.224 e. The molecule has 28 heavy (non-hydrogen) atoms. The number of guanidine groups is 1. The van der Waals surface area contributed by atoms with E-state index < -0.39 is 0 Å². The molecule has 1 aromatic heterocycles. The van der Waals surface area contributed by atoms with Crippen molar-refractivity contribution in [1.29, 1.82) is 0 Å². The smallest absolute Gasteiger partial charge is 0.224 e.